The first kappa shape index (κ1) is 22.6. The smallest absolute Gasteiger partial charge is 0.376 e. The molecule has 7 heteroatoms. The molecule has 0 spiro atoms. The Labute approximate surface area is 136 Å². The van der Waals surface area contributed by atoms with Crippen molar-refractivity contribution in [3.05, 3.63) is 0 Å². The lowest BCUT2D eigenvalue weighted by molar-refractivity contribution is 0.107. The van der Waals surface area contributed by atoms with Gasteiger partial charge in [0.2, 0.25) is 0 Å². The third-order valence-electron chi connectivity index (χ3n) is 2.20. The summed E-state index contributed by atoms with van der Waals surface area (Å²) in [5.74, 6) is 1.08. The lowest BCUT2D eigenvalue weighted by atomic mass is 10.6. The van der Waals surface area contributed by atoms with Crippen LogP contribution in [0.1, 0.15) is 41.5 Å². The fraction of sp³-hybridized carbons (Fsp3) is 0.923. The normalized spacial score (nSPS) is 10.2. The van der Waals surface area contributed by atoms with Crippen LogP contribution < -0.4 is 0 Å². The van der Waals surface area contributed by atoms with Gasteiger partial charge in [-0.2, -0.15) is 0 Å². The van der Waals surface area contributed by atoms with E-state index in [0.29, 0.717) is 19.8 Å². The van der Waals surface area contributed by atoms with Crippen LogP contribution >= 0.6 is 24.0 Å². The van der Waals surface area contributed by atoms with Crippen molar-refractivity contribution in [2.75, 3.05) is 38.7 Å². The molecule has 0 fully saturated rings. The third kappa shape index (κ3) is 13.3. The number of nitrogens with zero attached hydrogens (tertiary/aromatic N) is 1. The first-order valence-corrected chi connectivity index (χ1v) is 10.2. The highest BCUT2D eigenvalue weighted by atomic mass is 32.2. The molecule has 0 radical (unpaired) electrons. The Bertz CT molecular complexity index is 206. The van der Waals surface area contributed by atoms with Crippen molar-refractivity contribution in [2.45, 2.75) is 41.5 Å². The molecular formula is C13H31NO3S2Si. The van der Waals surface area contributed by atoms with Crippen LogP contribution in [0.3, 0.4) is 0 Å². The van der Waals surface area contributed by atoms with Crippen molar-refractivity contribution < 1.29 is 13.3 Å². The molecule has 0 aliphatic carbocycles. The van der Waals surface area contributed by atoms with Crippen LogP contribution in [-0.4, -0.2) is 57.4 Å². The van der Waals surface area contributed by atoms with Gasteiger partial charge in [-0.3, -0.25) is 0 Å². The van der Waals surface area contributed by atoms with Crippen molar-refractivity contribution in [1.82, 2.24) is 4.90 Å². The summed E-state index contributed by atoms with van der Waals surface area (Å²) >= 11 is 6.91. The average Bonchev–Trinajstić information content (AvgIpc) is 2.42. The number of rotatable bonds is 9. The zero-order valence-electron chi connectivity index (χ0n) is 13.8. The summed E-state index contributed by atoms with van der Waals surface area (Å²) in [5, 5.41) is 0. The third-order valence-corrected chi connectivity index (χ3v) is 5.42. The van der Waals surface area contributed by atoms with E-state index in [9.17, 15) is 0 Å². The minimum absolute atomic E-state index is 0.677. The number of hydrogen-bond acceptors (Lipinski definition) is 5. The molecule has 0 heterocycles. The van der Waals surface area contributed by atoms with Crippen molar-refractivity contribution in [1.29, 1.82) is 0 Å². The molecule has 0 atom stereocenters. The van der Waals surface area contributed by atoms with E-state index in [2.05, 4.69) is 25.7 Å². The second-order valence-electron chi connectivity index (χ2n) is 3.53. The van der Waals surface area contributed by atoms with Gasteiger partial charge in [-0.05, 0) is 40.4 Å². The van der Waals surface area contributed by atoms with Crippen LogP contribution in [0.5, 0.6) is 0 Å². The van der Waals surface area contributed by atoms with Crippen molar-refractivity contribution in [2.24, 2.45) is 0 Å². The highest BCUT2D eigenvalue weighted by molar-refractivity contribution is 8.22. The summed E-state index contributed by atoms with van der Waals surface area (Å²) in [6.07, 6.45) is 0. The quantitative estimate of drug-likeness (QED) is 0.473. The summed E-state index contributed by atoms with van der Waals surface area (Å²) in [6.45, 7) is 16.3. The van der Waals surface area contributed by atoms with Crippen molar-refractivity contribution >= 4 is 37.8 Å². The molecule has 20 heavy (non-hydrogen) atoms. The van der Waals surface area contributed by atoms with Crippen molar-refractivity contribution in [3.8, 4) is 0 Å². The van der Waals surface area contributed by atoms with Crippen LogP contribution in [0.25, 0.3) is 0 Å². The minimum Gasteiger partial charge on any atom is -0.376 e. The molecule has 0 saturated carbocycles. The van der Waals surface area contributed by atoms with Gasteiger partial charge in [-0.15, -0.1) is 0 Å². The first-order valence-electron chi connectivity index (χ1n) is 7.37. The van der Waals surface area contributed by atoms with E-state index in [4.69, 9.17) is 25.5 Å². The first-order chi connectivity index (χ1) is 9.60. The maximum absolute atomic E-state index is 5.22. The zero-order valence-corrected chi connectivity index (χ0v) is 16.6. The van der Waals surface area contributed by atoms with E-state index in [1.807, 2.05) is 20.8 Å². The molecule has 0 rings (SSSR count). The Morgan fingerprint density at radius 1 is 0.900 bits per heavy atom. The number of hydrogen-bond donors (Lipinski definition) is 0. The maximum Gasteiger partial charge on any atom is 0.484 e. The van der Waals surface area contributed by atoms with Gasteiger partial charge in [0.15, 0.2) is 0 Å². The fourth-order valence-corrected chi connectivity index (χ4v) is 3.65. The lowest BCUT2D eigenvalue weighted by Gasteiger charge is -2.20. The second-order valence-corrected chi connectivity index (χ2v) is 7.00. The molecule has 0 amide bonds. The molecule has 0 aliphatic heterocycles. The average molecular weight is 342 g/mol. The highest BCUT2D eigenvalue weighted by Crippen LogP contribution is 2.07. The molecule has 0 aromatic carbocycles. The molecule has 0 aliphatic rings. The van der Waals surface area contributed by atoms with Crippen LogP contribution in [0, 0.1) is 0 Å². The Hall–Kier alpha value is 0.337. The molecular weight excluding hydrogens is 310 g/mol. The highest BCUT2D eigenvalue weighted by Gasteiger charge is 2.11. The summed E-state index contributed by atoms with van der Waals surface area (Å²) in [7, 11) is -1.73. The van der Waals surface area contributed by atoms with Gasteiger partial charge in [-0.1, -0.05) is 30.9 Å². The zero-order chi connectivity index (χ0) is 15.8. The Morgan fingerprint density at radius 2 is 1.30 bits per heavy atom. The van der Waals surface area contributed by atoms with E-state index >= 15 is 0 Å². The summed E-state index contributed by atoms with van der Waals surface area (Å²) in [6, 6.07) is 0. The second kappa shape index (κ2) is 17.4. The molecule has 0 saturated heterocycles. The summed E-state index contributed by atoms with van der Waals surface area (Å²) in [4.78, 5) is 2.20. The standard InChI is InChI=1S/C7H15NS2.C6H16O3Si/c1-4-8(5-2)7(9)10-6-3;1-4-7-10(8-5-2)9-6-3/h4-6H2,1-3H3;10H,4-6H2,1-3H3. The van der Waals surface area contributed by atoms with Gasteiger partial charge in [0.25, 0.3) is 0 Å². The Morgan fingerprint density at radius 3 is 1.55 bits per heavy atom. The van der Waals surface area contributed by atoms with E-state index in [1.54, 1.807) is 11.8 Å². The fourth-order valence-electron chi connectivity index (χ4n) is 1.25. The SMILES string of the molecule is CCO[SiH](OCC)OCC.CCSC(=S)N(CC)CC. The molecule has 0 unspecified atom stereocenters. The molecule has 0 aromatic heterocycles. The van der Waals surface area contributed by atoms with Gasteiger partial charge in [0.1, 0.15) is 4.32 Å². The molecule has 4 nitrogen and oxygen atoms in total. The van der Waals surface area contributed by atoms with Crippen LogP contribution in [-0.2, 0) is 13.3 Å². The van der Waals surface area contributed by atoms with Gasteiger partial charge < -0.3 is 18.2 Å². The lowest BCUT2D eigenvalue weighted by Crippen LogP contribution is -2.27. The summed E-state index contributed by atoms with van der Waals surface area (Å²) < 4.78 is 16.7. The molecule has 0 bridgehead atoms. The van der Waals surface area contributed by atoms with Gasteiger partial charge >= 0.3 is 9.53 Å². The van der Waals surface area contributed by atoms with E-state index in [-0.39, 0.29) is 0 Å². The molecule has 122 valence electrons. The van der Waals surface area contributed by atoms with E-state index < -0.39 is 9.53 Å². The largest absolute Gasteiger partial charge is 0.484 e. The topological polar surface area (TPSA) is 30.9 Å². The van der Waals surface area contributed by atoms with E-state index in [1.165, 1.54) is 0 Å². The molecule has 0 N–H and O–H groups in total. The van der Waals surface area contributed by atoms with Crippen molar-refractivity contribution in [3.63, 3.8) is 0 Å². The predicted molar refractivity (Wildman–Crippen MR) is 95.7 cm³/mol. The van der Waals surface area contributed by atoms with Gasteiger partial charge in [0.05, 0.1) is 0 Å². The van der Waals surface area contributed by atoms with Gasteiger partial charge in [-0.25, -0.2) is 0 Å². The predicted octanol–water partition coefficient (Wildman–Crippen LogP) is 3.18. The Balaban J connectivity index is 0. The monoisotopic (exact) mass is 341 g/mol. The number of thioether (sulfide) groups is 1. The van der Waals surface area contributed by atoms with E-state index in [0.717, 1.165) is 23.2 Å². The van der Waals surface area contributed by atoms with Crippen LogP contribution in [0.2, 0.25) is 0 Å². The van der Waals surface area contributed by atoms with Crippen LogP contribution in [0.4, 0.5) is 0 Å². The molecule has 0 aromatic rings. The van der Waals surface area contributed by atoms with Crippen LogP contribution in [0.15, 0.2) is 0 Å². The minimum atomic E-state index is -1.73. The van der Waals surface area contributed by atoms with Gasteiger partial charge in [0, 0.05) is 32.9 Å². The Kier molecular flexibility index (Phi) is 19.7. The maximum atomic E-state index is 5.22. The number of thiocarbonyl (C=S) groups is 1. The summed E-state index contributed by atoms with van der Waals surface area (Å²) in [5.41, 5.74) is 0.